The van der Waals surface area contributed by atoms with E-state index in [0.29, 0.717) is 5.69 Å². The van der Waals surface area contributed by atoms with Gasteiger partial charge in [-0.05, 0) is 18.2 Å². The summed E-state index contributed by atoms with van der Waals surface area (Å²) in [7, 11) is 3.52. The lowest BCUT2D eigenvalue weighted by molar-refractivity contribution is 0.415. The van der Waals surface area contributed by atoms with Crippen LogP contribution in [0.2, 0.25) is 0 Å². The third-order valence-corrected chi connectivity index (χ3v) is 3.04. The second-order valence-corrected chi connectivity index (χ2v) is 4.34. The van der Waals surface area contributed by atoms with Crippen molar-refractivity contribution in [2.24, 2.45) is 7.05 Å². The second-order valence-electron chi connectivity index (χ2n) is 4.34. The number of fused-ring (bicyclic) bond motifs is 1. The minimum Gasteiger partial charge on any atom is -0.497 e. The molecule has 0 saturated carbocycles. The number of aromatic nitrogens is 3. The number of benzene rings is 1. The molecule has 0 aliphatic heterocycles. The Labute approximate surface area is 110 Å². The van der Waals surface area contributed by atoms with Gasteiger partial charge in [0, 0.05) is 18.0 Å². The number of nitrogen functional groups attached to an aromatic ring is 1. The fraction of sp³-hybridized carbons (Fsp3) is 0.143. The van der Waals surface area contributed by atoms with Crippen LogP contribution in [0.15, 0.2) is 36.5 Å². The van der Waals surface area contributed by atoms with Crippen molar-refractivity contribution in [1.29, 1.82) is 0 Å². The summed E-state index contributed by atoms with van der Waals surface area (Å²) in [5.41, 5.74) is 9.09. The molecule has 0 fully saturated rings. The van der Waals surface area contributed by atoms with Crippen molar-refractivity contribution in [3.05, 3.63) is 36.5 Å². The zero-order valence-corrected chi connectivity index (χ0v) is 10.8. The van der Waals surface area contributed by atoms with E-state index in [1.165, 1.54) is 0 Å². The minimum absolute atomic E-state index is 0.629. The van der Waals surface area contributed by atoms with Gasteiger partial charge in [0.2, 0.25) is 0 Å². The molecule has 0 unspecified atom stereocenters. The van der Waals surface area contributed by atoms with Gasteiger partial charge in [0.1, 0.15) is 11.4 Å². The molecule has 0 aliphatic rings. The fourth-order valence-electron chi connectivity index (χ4n) is 2.14. The van der Waals surface area contributed by atoms with Crippen LogP contribution < -0.4 is 10.5 Å². The van der Waals surface area contributed by atoms with E-state index in [0.717, 1.165) is 28.0 Å². The van der Waals surface area contributed by atoms with E-state index in [9.17, 15) is 0 Å². The lowest BCUT2D eigenvalue weighted by Gasteiger charge is -2.02. The summed E-state index contributed by atoms with van der Waals surface area (Å²) in [5, 5.41) is 5.46. The van der Waals surface area contributed by atoms with E-state index >= 15 is 0 Å². The summed E-state index contributed by atoms with van der Waals surface area (Å²) >= 11 is 0. The number of nitrogens with zero attached hydrogens (tertiary/aromatic N) is 3. The molecule has 2 heterocycles. The van der Waals surface area contributed by atoms with Crippen LogP contribution in [0.3, 0.4) is 0 Å². The van der Waals surface area contributed by atoms with Crippen LogP contribution in [0.25, 0.3) is 22.3 Å². The maximum atomic E-state index is 5.81. The lowest BCUT2D eigenvalue weighted by atomic mass is 10.1. The number of anilines is 1. The molecule has 5 nitrogen and oxygen atoms in total. The lowest BCUT2D eigenvalue weighted by Crippen LogP contribution is -1.92. The normalized spacial score (nSPS) is 10.8. The van der Waals surface area contributed by atoms with Gasteiger partial charge in [0.25, 0.3) is 0 Å². The SMILES string of the molecule is COc1cccc(-c2nn(C)c3ncc(N)cc23)c1. The van der Waals surface area contributed by atoms with E-state index in [1.807, 2.05) is 37.4 Å². The molecule has 0 saturated heterocycles. The van der Waals surface area contributed by atoms with Crippen molar-refractivity contribution >= 4 is 16.7 Å². The van der Waals surface area contributed by atoms with Crippen molar-refractivity contribution in [3.8, 4) is 17.0 Å². The standard InChI is InChI=1S/C14H14N4O/c1-18-14-12(7-10(15)8-16-14)13(17-18)9-4-3-5-11(6-9)19-2/h3-8H,15H2,1-2H3. The molecule has 19 heavy (non-hydrogen) atoms. The van der Waals surface area contributed by atoms with E-state index in [-0.39, 0.29) is 0 Å². The topological polar surface area (TPSA) is 66.0 Å². The molecular formula is C14H14N4O. The zero-order valence-electron chi connectivity index (χ0n) is 10.8. The second kappa shape index (κ2) is 4.28. The number of nitrogens with two attached hydrogens (primary N) is 1. The molecule has 1 aromatic carbocycles. The fourth-order valence-corrected chi connectivity index (χ4v) is 2.14. The first kappa shape index (κ1) is 11.5. The zero-order chi connectivity index (χ0) is 13.4. The quantitative estimate of drug-likeness (QED) is 0.761. The third kappa shape index (κ3) is 1.89. The Hall–Kier alpha value is -2.56. The Bertz CT molecular complexity index is 748. The van der Waals surface area contributed by atoms with E-state index in [2.05, 4.69) is 10.1 Å². The number of aryl methyl sites for hydroxylation is 1. The monoisotopic (exact) mass is 254 g/mol. The van der Waals surface area contributed by atoms with Gasteiger partial charge in [-0.15, -0.1) is 0 Å². The first-order chi connectivity index (χ1) is 9.19. The van der Waals surface area contributed by atoms with Crippen molar-refractivity contribution < 1.29 is 4.74 Å². The number of methoxy groups -OCH3 is 1. The van der Waals surface area contributed by atoms with Gasteiger partial charge in [-0.1, -0.05) is 12.1 Å². The highest BCUT2D eigenvalue weighted by Gasteiger charge is 2.12. The summed E-state index contributed by atoms with van der Waals surface area (Å²) in [6.07, 6.45) is 1.64. The predicted molar refractivity (Wildman–Crippen MR) is 74.9 cm³/mol. The van der Waals surface area contributed by atoms with Gasteiger partial charge in [0.15, 0.2) is 5.65 Å². The molecule has 5 heteroatoms. The van der Waals surface area contributed by atoms with Gasteiger partial charge in [-0.3, -0.25) is 0 Å². The highest BCUT2D eigenvalue weighted by Crippen LogP contribution is 2.29. The van der Waals surface area contributed by atoms with E-state index in [4.69, 9.17) is 10.5 Å². The summed E-state index contributed by atoms with van der Waals surface area (Å²) in [4.78, 5) is 4.31. The molecule has 0 radical (unpaired) electrons. The molecule has 0 aliphatic carbocycles. The van der Waals surface area contributed by atoms with E-state index < -0.39 is 0 Å². The Morgan fingerprint density at radius 3 is 2.89 bits per heavy atom. The molecule has 3 aromatic rings. The van der Waals surface area contributed by atoms with Crippen LogP contribution in [-0.2, 0) is 7.05 Å². The summed E-state index contributed by atoms with van der Waals surface area (Å²) < 4.78 is 7.00. The maximum Gasteiger partial charge on any atom is 0.158 e. The third-order valence-electron chi connectivity index (χ3n) is 3.04. The average molecular weight is 254 g/mol. The number of hydrogen-bond donors (Lipinski definition) is 1. The Balaban J connectivity index is 2.26. The largest absolute Gasteiger partial charge is 0.497 e. The number of pyridine rings is 1. The van der Waals surface area contributed by atoms with Crippen LogP contribution in [0.1, 0.15) is 0 Å². The van der Waals surface area contributed by atoms with Crippen LogP contribution in [0.4, 0.5) is 5.69 Å². The first-order valence-corrected chi connectivity index (χ1v) is 5.91. The predicted octanol–water partition coefficient (Wildman–Crippen LogP) is 2.23. The van der Waals surface area contributed by atoms with Crippen LogP contribution in [-0.4, -0.2) is 21.9 Å². The number of rotatable bonds is 2. The van der Waals surface area contributed by atoms with E-state index in [1.54, 1.807) is 18.0 Å². The highest BCUT2D eigenvalue weighted by atomic mass is 16.5. The minimum atomic E-state index is 0.629. The van der Waals surface area contributed by atoms with Crippen molar-refractivity contribution in [3.63, 3.8) is 0 Å². The molecule has 96 valence electrons. The van der Waals surface area contributed by atoms with Crippen molar-refractivity contribution in [2.45, 2.75) is 0 Å². The molecule has 2 N–H and O–H groups in total. The summed E-state index contributed by atoms with van der Waals surface area (Å²) in [6, 6.07) is 9.68. The molecule has 0 spiro atoms. The maximum absolute atomic E-state index is 5.81. The highest BCUT2D eigenvalue weighted by molar-refractivity contribution is 5.92. The Kier molecular flexibility index (Phi) is 2.59. The molecule has 0 bridgehead atoms. The molecule has 0 atom stereocenters. The average Bonchev–Trinajstić information content (AvgIpc) is 2.75. The van der Waals surface area contributed by atoms with Crippen LogP contribution in [0.5, 0.6) is 5.75 Å². The Morgan fingerprint density at radius 2 is 2.11 bits per heavy atom. The van der Waals surface area contributed by atoms with Gasteiger partial charge in [-0.2, -0.15) is 5.10 Å². The molecule has 2 aromatic heterocycles. The summed E-state index contributed by atoms with van der Waals surface area (Å²) in [5.74, 6) is 0.799. The molecule has 0 amide bonds. The van der Waals surface area contributed by atoms with Crippen LogP contribution in [0, 0.1) is 0 Å². The van der Waals surface area contributed by atoms with Crippen LogP contribution >= 0.6 is 0 Å². The molecule has 3 rings (SSSR count). The first-order valence-electron chi connectivity index (χ1n) is 5.91. The molecular weight excluding hydrogens is 240 g/mol. The van der Waals surface area contributed by atoms with Crippen molar-refractivity contribution in [1.82, 2.24) is 14.8 Å². The van der Waals surface area contributed by atoms with Gasteiger partial charge >= 0.3 is 0 Å². The Morgan fingerprint density at radius 1 is 1.26 bits per heavy atom. The smallest absolute Gasteiger partial charge is 0.158 e. The summed E-state index contributed by atoms with van der Waals surface area (Å²) in [6.45, 7) is 0. The van der Waals surface area contributed by atoms with Gasteiger partial charge in [-0.25, -0.2) is 9.67 Å². The van der Waals surface area contributed by atoms with Crippen molar-refractivity contribution in [2.75, 3.05) is 12.8 Å². The number of hydrogen-bond acceptors (Lipinski definition) is 4. The van der Waals surface area contributed by atoms with Gasteiger partial charge in [0.05, 0.1) is 19.0 Å². The number of ether oxygens (including phenoxy) is 1. The van der Waals surface area contributed by atoms with Gasteiger partial charge < -0.3 is 10.5 Å².